The first-order valence-electron chi connectivity index (χ1n) is 12.3. The average Bonchev–Trinajstić information content (AvgIpc) is 3.68. The summed E-state index contributed by atoms with van der Waals surface area (Å²) in [6, 6.07) is 12.4. The van der Waals surface area contributed by atoms with E-state index in [0.717, 1.165) is 36.2 Å². The lowest BCUT2D eigenvalue weighted by molar-refractivity contribution is 0.103. The van der Waals surface area contributed by atoms with Gasteiger partial charge in [-0.05, 0) is 49.7 Å². The SMILES string of the molecule is CNC(=O)n1ccc2cc(Oc3ccnc(NC(=O)c4ccc(CN5CCC[C@H]5CO)s4)c3)c(OC)cc21. The van der Waals surface area contributed by atoms with Crippen LogP contribution in [0.15, 0.2) is 54.9 Å². The fourth-order valence-corrected chi connectivity index (χ4v) is 5.55. The highest BCUT2D eigenvalue weighted by molar-refractivity contribution is 7.14. The molecule has 0 aliphatic carbocycles. The third kappa shape index (κ3) is 5.35. The summed E-state index contributed by atoms with van der Waals surface area (Å²) in [5.74, 6) is 1.49. The van der Waals surface area contributed by atoms with Gasteiger partial charge in [-0.25, -0.2) is 9.78 Å². The molecule has 0 saturated carbocycles. The molecule has 11 heteroatoms. The van der Waals surface area contributed by atoms with Gasteiger partial charge in [0.25, 0.3) is 5.91 Å². The van der Waals surface area contributed by atoms with Crippen molar-refractivity contribution in [2.24, 2.45) is 0 Å². The lowest BCUT2D eigenvalue weighted by atomic mass is 10.2. The van der Waals surface area contributed by atoms with Crippen LogP contribution >= 0.6 is 11.3 Å². The molecule has 1 aliphatic rings. The molecule has 0 radical (unpaired) electrons. The predicted molar refractivity (Wildman–Crippen MR) is 145 cm³/mol. The maximum Gasteiger partial charge on any atom is 0.325 e. The minimum Gasteiger partial charge on any atom is -0.493 e. The molecule has 2 amide bonds. The van der Waals surface area contributed by atoms with Crippen LogP contribution in [-0.2, 0) is 6.54 Å². The number of benzene rings is 1. The van der Waals surface area contributed by atoms with Crippen LogP contribution in [0.25, 0.3) is 10.9 Å². The van der Waals surface area contributed by atoms with Crippen molar-refractivity contribution in [2.75, 3.05) is 32.6 Å². The van der Waals surface area contributed by atoms with E-state index in [1.807, 2.05) is 18.2 Å². The number of ether oxygens (including phenoxy) is 2. The number of carbonyl (C=O) groups excluding carboxylic acids is 2. The summed E-state index contributed by atoms with van der Waals surface area (Å²) >= 11 is 1.44. The topological polar surface area (TPSA) is 118 Å². The Morgan fingerprint density at radius 2 is 2.05 bits per heavy atom. The Morgan fingerprint density at radius 3 is 2.84 bits per heavy atom. The second-order valence-corrected chi connectivity index (χ2v) is 10.1. The number of pyridine rings is 1. The summed E-state index contributed by atoms with van der Waals surface area (Å²) in [5.41, 5.74) is 0.683. The van der Waals surface area contributed by atoms with Crippen molar-refractivity contribution in [3.05, 3.63) is 64.6 Å². The van der Waals surface area contributed by atoms with Crippen LogP contribution in [0.1, 0.15) is 27.4 Å². The summed E-state index contributed by atoms with van der Waals surface area (Å²) in [5, 5.41) is 15.8. The van der Waals surface area contributed by atoms with Gasteiger partial charge in [0, 0.05) is 54.4 Å². The third-order valence-corrected chi connectivity index (χ3v) is 7.63. The Morgan fingerprint density at radius 1 is 1.18 bits per heavy atom. The average molecular weight is 536 g/mol. The number of carbonyl (C=O) groups is 2. The molecule has 5 rings (SSSR count). The highest BCUT2D eigenvalue weighted by atomic mass is 32.1. The number of rotatable bonds is 8. The van der Waals surface area contributed by atoms with E-state index in [2.05, 4.69) is 20.5 Å². The number of likely N-dealkylation sites (tertiary alicyclic amines) is 1. The van der Waals surface area contributed by atoms with E-state index in [1.165, 1.54) is 23.0 Å². The molecular formula is C27H29N5O5S. The van der Waals surface area contributed by atoms with Crippen LogP contribution in [0.2, 0.25) is 0 Å². The summed E-state index contributed by atoms with van der Waals surface area (Å²) in [4.78, 5) is 33.2. The normalized spacial score (nSPS) is 15.5. The minimum atomic E-state index is -0.256. The summed E-state index contributed by atoms with van der Waals surface area (Å²) in [7, 11) is 3.10. The van der Waals surface area contributed by atoms with Crippen LogP contribution in [0.5, 0.6) is 17.2 Å². The summed E-state index contributed by atoms with van der Waals surface area (Å²) in [6.45, 7) is 1.84. The Bertz CT molecular complexity index is 1470. The number of thiophene rings is 1. The molecule has 1 aliphatic heterocycles. The molecule has 198 valence electrons. The second-order valence-electron chi connectivity index (χ2n) is 8.95. The number of fused-ring (bicyclic) bond motifs is 1. The van der Waals surface area contributed by atoms with E-state index in [0.29, 0.717) is 33.5 Å². The lowest BCUT2D eigenvalue weighted by Gasteiger charge is -2.21. The van der Waals surface area contributed by atoms with Crippen molar-refractivity contribution < 1.29 is 24.2 Å². The largest absolute Gasteiger partial charge is 0.493 e. The first kappa shape index (κ1) is 25.7. The van der Waals surface area contributed by atoms with E-state index in [4.69, 9.17) is 9.47 Å². The van der Waals surface area contributed by atoms with Gasteiger partial charge in [-0.15, -0.1) is 11.3 Å². The van der Waals surface area contributed by atoms with Crippen molar-refractivity contribution in [1.82, 2.24) is 19.8 Å². The number of aromatic nitrogens is 2. The van der Waals surface area contributed by atoms with Crippen molar-refractivity contribution in [2.45, 2.75) is 25.4 Å². The number of methoxy groups -OCH3 is 1. The van der Waals surface area contributed by atoms with Crippen LogP contribution in [0, 0.1) is 0 Å². The van der Waals surface area contributed by atoms with E-state index < -0.39 is 0 Å². The molecule has 4 heterocycles. The Balaban J connectivity index is 1.28. The standard InChI is InChI=1S/C27H29N5O5S/c1-28-27(35)32-11-8-17-12-23(22(36-2)14-21(17)32)37-19-7-9-29-25(13-19)30-26(34)24-6-5-20(38-24)15-31-10-3-4-18(31)16-33/h5-9,11-14,18,33H,3-4,10,15-16H2,1-2H3,(H,28,35)(H,29,30,34)/t18-/m0/s1. The number of anilines is 1. The predicted octanol–water partition coefficient (Wildman–Crippen LogP) is 4.30. The van der Waals surface area contributed by atoms with Crippen LogP contribution in [-0.4, -0.2) is 64.8 Å². The quantitative estimate of drug-likeness (QED) is 0.308. The Kier molecular flexibility index (Phi) is 7.59. The van der Waals surface area contributed by atoms with Crippen LogP contribution < -0.4 is 20.1 Å². The number of amides is 2. The number of aliphatic hydroxyl groups is 1. The lowest BCUT2D eigenvalue weighted by Crippen LogP contribution is -2.31. The molecule has 0 unspecified atom stereocenters. The maximum absolute atomic E-state index is 12.9. The molecule has 1 fully saturated rings. The number of hydrogen-bond acceptors (Lipinski definition) is 8. The maximum atomic E-state index is 12.9. The molecule has 1 aromatic carbocycles. The van der Waals surface area contributed by atoms with Gasteiger partial charge in [0.1, 0.15) is 11.6 Å². The molecule has 3 aromatic heterocycles. The zero-order valence-electron chi connectivity index (χ0n) is 21.1. The van der Waals surface area contributed by atoms with Crippen molar-refractivity contribution in [3.63, 3.8) is 0 Å². The van der Waals surface area contributed by atoms with Crippen molar-refractivity contribution in [1.29, 1.82) is 0 Å². The highest BCUT2D eigenvalue weighted by Gasteiger charge is 2.24. The number of nitrogens with zero attached hydrogens (tertiary/aromatic N) is 3. The Labute approximate surface area is 223 Å². The highest BCUT2D eigenvalue weighted by Crippen LogP contribution is 2.36. The zero-order valence-corrected chi connectivity index (χ0v) is 22.0. The van der Waals surface area contributed by atoms with Gasteiger partial charge in [-0.3, -0.25) is 14.3 Å². The molecule has 0 spiro atoms. The van der Waals surface area contributed by atoms with Gasteiger partial charge in [-0.2, -0.15) is 0 Å². The van der Waals surface area contributed by atoms with Gasteiger partial charge in [0.2, 0.25) is 0 Å². The van der Waals surface area contributed by atoms with Gasteiger partial charge >= 0.3 is 6.03 Å². The van der Waals surface area contributed by atoms with E-state index in [1.54, 1.807) is 43.7 Å². The molecule has 0 bridgehead atoms. The number of hydrogen-bond donors (Lipinski definition) is 3. The van der Waals surface area contributed by atoms with E-state index >= 15 is 0 Å². The van der Waals surface area contributed by atoms with Gasteiger partial charge in [0.15, 0.2) is 11.5 Å². The monoisotopic (exact) mass is 535 g/mol. The molecule has 3 N–H and O–H groups in total. The number of nitrogens with one attached hydrogen (secondary N) is 2. The fourth-order valence-electron chi connectivity index (χ4n) is 4.62. The molecule has 38 heavy (non-hydrogen) atoms. The number of aliphatic hydroxyl groups excluding tert-OH is 1. The first-order chi connectivity index (χ1) is 18.5. The molecule has 10 nitrogen and oxygen atoms in total. The summed E-state index contributed by atoms with van der Waals surface area (Å²) < 4.78 is 13.1. The summed E-state index contributed by atoms with van der Waals surface area (Å²) in [6.07, 6.45) is 5.32. The Hall–Kier alpha value is -3.93. The van der Waals surface area contributed by atoms with Crippen LogP contribution in [0.3, 0.4) is 0 Å². The van der Waals surface area contributed by atoms with Gasteiger partial charge in [0.05, 0.1) is 24.1 Å². The molecular weight excluding hydrogens is 506 g/mol. The second kappa shape index (κ2) is 11.2. The van der Waals surface area contributed by atoms with Crippen molar-refractivity contribution in [3.8, 4) is 17.2 Å². The van der Waals surface area contributed by atoms with E-state index in [9.17, 15) is 14.7 Å². The molecule has 1 saturated heterocycles. The van der Waals surface area contributed by atoms with Crippen LogP contribution in [0.4, 0.5) is 10.6 Å². The van der Waals surface area contributed by atoms with Crippen molar-refractivity contribution >= 4 is 40.0 Å². The zero-order chi connectivity index (χ0) is 26.6. The fraction of sp³-hybridized carbons (Fsp3) is 0.296. The van der Waals surface area contributed by atoms with E-state index in [-0.39, 0.29) is 24.6 Å². The molecule has 4 aromatic rings. The minimum absolute atomic E-state index is 0.158. The first-order valence-corrected chi connectivity index (χ1v) is 13.1. The molecule has 1 atom stereocenters. The van der Waals surface area contributed by atoms with Gasteiger partial charge < -0.3 is 25.2 Å². The third-order valence-electron chi connectivity index (χ3n) is 6.56. The smallest absolute Gasteiger partial charge is 0.325 e. The van der Waals surface area contributed by atoms with Gasteiger partial charge in [-0.1, -0.05) is 0 Å².